The second-order valence-electron chi connectivity index (χ2n) is 9.56. The molecule has 1 aromatic carbocycles. The standard InChI is InChI=1S/C25H32N2O2/c28-23(14-18-8-4-5-9-18)27-16-21-15-26(25(29)20-12-6-7-13-20)17-22(21)24(27)19-10-2-1-3-11-19/h1-3,6-7,10-11,18,20-22,24H,4-5,8-9,12-17H2/t21-,22-,24+/m0/s1. The molecular weight excluding hydrogens is 360 g/mol. The van der Waals surface area contributed by atoms with Crippen LogP contribution in [0, 0.1) is 23.7 Å². The number of rotatable bonds is 4. The van der Waals surface area contributed by atoms with Gasteiger partial charge in [-0.3, -0.25) is 9.59 Å². The van der Waals surface area contributed by atoms with Crippen molar-refractivity contribution in [3.05, 3.63) is 48.0 Å². The van der Waals surface area contributed by atoms with Crippen LogP contribution in [-0.2, 0) is 9.59 Å². The average Bonchev–Trinajstić information content (AvgIpc) is 3.51. The molecule has 0 unspecified atom stereocenters. The van der Waals surface area contributed by atoms with E-state index in [-0.39, 0.29) is 12.0 Å². The molecule has 0 spiro atoms. The van der Waals surface area contributed by atoms with E-state index >= 15 is 0 Å². The quantitative estimate of drug-likeness (QED) is 0.721. The Kier molecular flexibility index (Phi) is 5.19. The van der Waals surface area contributed by atoms with E-state index in [9.17, 15) is 9.59 Å². The molecule has 2 amide bonds. The van der Waals surface area contributed by atoms with Crippen LogP contribution in [0.3, 0.4) is 0 Å². The fourth-order valence-corrected chi connectivity index (χ4v) is 6.21. The normalized spacial score (nSPS) is 29.7. The lowest BCUT2D eigenvalue weighted by molar-refractivity contribution is -0.135. The summed E-state index contributed by atoms with van der Waals surface area (Å²) in [7, 11) is 0. The summed E-state index contributed by atoms with van der Waals surface area (Å²) in [6.45, 7) is 2.42. The molecule has 0 radical (unpaired) electrons. The molecule has 5 rings (SSSR count). The maximum atomic E-state index is 13.3. The molecule has 2 heterocycles. The van der Waals surface area contributed by atoms with Crippen molar-refractivity contribution in [2.24, 2.45) is 23.7 Å². The van der Waals surface area contributed by atoms with E-state index in [1.54, 1.807) is 0 Å². The molecular formula is C25H32N2O2. The minimum Gasteiger partial charge on any atom is -0.342 e. The lowest BCUT2D eigenvalue weighted by Gasteiger charge is -2.31. The van der Waals surface area contributed by atoms with Crippen molar-refractivity contribution >= 4 is 11.8 Å². The third kappa shape index (κ3) is 3.62. The predicted molar refractivity (Wildman–Crippen MR) is 113 cm³/mol. The second-order valence-corrected chi connectivity index (χ2v) is 9.56. The highest BCUT2D eigenvalue weighted by molar-refractivity contribution is 5.80. The number of amides is 2. The summed E-state index contributed by atoms with van der Waals surface area (Å²) in [6, 6.07) is 10.6. The Labute approximate surface area is 173 Å². The summed E-state index contributed by atoms with van der Waals surface area (Å²) in [5.74, 6) is 2.14. The molecule has 2 saturated heterocycles. The molecule has 2 aliphatic carbocycles. The number of hydrogen-bond acceptors (Lipinski definition) is 2. The van der Waals surface area contributed by atoms with Gasteiger partial charge >= 0.3 is 0 Å². The lowest BCUT2D eigenvalue weighted by Crippen LogP contribution is -2.39. The Bertz CT molecular complexity index is 775. The Morgan fingerprint density at radius 1 is 0.931 bits per heavy atom. The number of carbonyl (C=O) groups is 2. The van der Waals surface area contributed by atoms with E-state index < -0.39 is 0 Å². The van der Waals surface area contributed by atoms with Gasteiger partial charge in [0.25, 0.3) is 0 Å². The Morgan fingerprint density at radius 3 is 2.38 bits per heavy atom. The first-order chi connectivity index (χ1) is 14.2. The molecule has 2 aliphatic heterocycles. The maximum absolute atomic E-state index is 13.3. The highest BCUT2D eigenvalue weighted by atomic mass is 16.2. The van der Waals surface area contributed by atoms with Gasteiger partial charge < -0.3 is 9.80 Å². The average molecular weight is 393 g/mol. The fraction of sp³-hybridized carbons (Fsp3) is 0.600. The van der Waals surface area contributed by atoms with Gasteiger partial charge in [-0.2, -0.15) is 0 Å². The van der Waals surface area contributed by atoms with Gasteiger partial charge in [0.1, 0.15) is 0 Å². The van der Waals surface area contributed by atoms with Crippen LogP contribution in [0.25, 0.3) is 0 Å². The van der Waals surface area contributed by atoms with E-state index in [1.807, 2.05) is 6.07 Å². The van der Waals surface area contributed by atoms with E-state index in [4.69, 9.17) is 0 Å². The van der Waals surface area contributed by atoms with Crippen LogP contribution in [0.5, 0.6) is 0 Å². The number of likely N-dealkylation sites (tertiary alicyclic amines) is 2. The zero-order valence-electron chi connectivity index (χ0n) is 17.2. The third-order valence-corrected chi connectivity index (χ3v) is 7.73. The first kappa shape index (κ1) is 18.9. The van der Waals surface area contributed by atoms with Gasteiger partial charge in [0, 0.05) is 43.8 Å². The monoisotopic (exact) mass is 392 g/mol. The summed E-state index contributed by atoms with van der Waals surface area (Å²) in [5.41, 5.74) is 1.23. The number of fused-ring (bicyclic) bond motifs is 1. The highest BCUT2D eigenvalue weighted by Crippen LogP contribution is 2.46. The van der Waals surface area contributed by atoms with Gasteiger partial charge in [0.15, 0.2) is 0 Å². The Balaban J connectivity index is 1.34. The van der Waals surface area contributed by atoms with E-state index in [0.717, 1.165) is 32.5 Å². The lowest BCUT2D eigenvalue weighted by atomic mass is 9.89. The molecule has 3 atom stereocenters. The van der Waals surface area contributed by atoms with Gasteiger partial charge in [-0.05, 0) is 37.2 Å². The zero-order chi connectivity index (χ0) is 19.8. The van der Waals surface area contributed by atoms with E-state index in [0.29, 0.717) is 36.0 Å². The topological polar surface area (TPSA) is 40.6 Å². The van der Waals surface area contributed by atoms with Crippen LogP contribution in [0.15, 0.2) is 42.5 Å². The molecule has 1 saturated carbocycles. The SMILES string of the molecule is O=C(C1CC=CC1)N1C[C@H]2CN(C(=O)CC3CCCC3)[C@H](c3ccccc3)[C@H]2C1. The third-order valence-electron chi connectivity index (χ3n) is 7.73. The molecule has 154 valence electrons. The van der Waals surface area contributed by atoms with Crippen molar-refractivity contribution in [2.75, 3.05) is 19.6 Å². The van der Waals surface area contributed by atoms with Gasteiger partial charge in [0.2, 0.25) is 11.8 Å². The molecule has 4 aliphatic rings. The molecule has 0 N–H and O–H groups in total. The summed E-state index contributed by atoms with van der Waals surface area (Å²) < 4.78 is 0. The van der Waals surface area contributed by atoms with Crippen LogP contribution in [0.2, 0.25) is 0 Å². The summed E-state index contributed by atoms with van der Waals surface area (Å²) in [6.07, 6.45) is 11.7. The maximum Gasteiger partial charge on any atom is 0.226 e. The van der Waals surface area contributed by atoms with E-state index in [2.05, 4.69) is 46.2 Å². The van der Waals surface area contributed by atoms with Crippen LogP contribution in [0.1, 0.15) is 56.6 Å². The van der Waals surface area contributed by atoms with Crippen molar-refractivity contribution < 1.29 is 9.59 Å². The largest absolute Gasteiger partial charge is 0.342 e. The minimum atomic E-state index is 0.120. The van der Waals surface area contributed by atoms with Crippen molar-refractivity contribution in [3.63, 3.8) is 0 Å². The van der Waals surface area contributed by atoms with Gasteiger partial charge in [-0.15, -0.1) is 0 Å². The van der Waals surface area contributed by atoms with Crippen LogP contribution in [0.4, 0.5) is 0 Å². The number of hydrogen-bond donors (Lipinski definition) is 0. The van der Waals surface area contributed by atoms with Crippen molar-refractivity contribution in [1.82, 2.24) is 9.80 Å². The Morgan fingerprint density at radius 2 is 1.66 bits per heavy atom. The number of allylic oxidation sites excluding steroid dienone is 2. The van der Waals surface area contributed by atoms with Crippen molar-refractivity contribution in [3.8, 4) is 0 Å². The zero-order valence-corrected chi connectivity index (χ0v) is 17.2. The highest BCUT2D eigenvalue weighted by Gasteiger charge is 2.50. The molecule has 29 heavy (non-hydrogen) atoms. The van der Waals surface area contributed by atoms with Crippen LogP contribution in [-0.4, -0.2) is 41.2 Å². The number of nitrogens with zero attached hydrogens (tertiary/aromatic N) is 2. The smallest absolute Gasteiger partial charge is 0.226 e. The minimum absolute atomic E-state index is 0.120. The first-order valence-electron chi connectivity index (χ1n) is 11.5. The van der Waals surface area contributed by atoms with Gasteiger partial charge in [-0.25, -0.2) is 0 Å². The molecule has 1 aromatic rings. The first-order valence-corrected chi connectivity index (χ1v) is 11.5. The molecule has 0 bridgehead atoms. The summed E-state index contributed by atoms with van der Waals surface area (Å²) >= 11 is 0. The molecule has 0 aromatic heterocycles. The second kappa shape index (κ2) is 7.97. The van der Waals surface area contributed by atoms with E-state index in [1.165, 1.54) is 31.2 Å². The Hall–Kier alpha value is -2.10. The molecule has 4 nitrogen and oxygen atoms in total. The number of benzene rings is 1. The van der Waals surface area contributed by atoms with Crippen LogP contribution >= 0.6 is 0 Å². The summed E-state index contributed by atoms with van der Waals surface area (Å²) in [4.78, 5) is 30.5. The summed E-state index contributed by atoms with van der Waals surface area (Å²) in [5, 5.41) is 0. The van der Waals surface area contributed by atoms with Gasteiger partial charge in [0.05, 0.1) is 6.04 Å². The van der Waals surface area contributed by atoms with Gasteiger partial charge in [-0.1, -0.05) is 55.3 Å². The number of carbonyl (C=O) groups excluding carboxylic acids is 2. The fourth-order valence-electron chi connectivity index (χ4n) is 6.21. The molecule has 4 heteroatoms. The predicted octanol–water partition coefficient (Wildman–Crippen LogP) is 4.19. The van der Waals surface area contributed by atoms with Crippen molar-refractivity contribution in [1.29, 1.82) is 0 Å². The van der Waals surface area contributed by atoms with Crippen LogP contribution < -0.4 is 0 Å². The molecule has 3 fully saturated rings. The van der Waals surface area contributed by atoms with Crippen molar-refractivity contribution in [2.45, 2.75) is 51.0 Å².